The summed E-state index contributed by atoms with van der Waals surface area (Å²) < 4.78 is 0.950. The predicted molar refractivity (Wildman–Crippen MR) is 128 cm³/mol. The molecule has 26 heavy (non-hydrogen) atoms. The van der Waals surface area contributed by atoms with Gasteiger partial charge in [-0.1, -0.05) is 99.2 Å². The van der Waals surface area contributed by atoms with E-state index in [0.29, 0.717) is 0 Å². The Bertz CT molecular complexity index is 777. The van der Waals surface area contributed by atoms with Crippen molar-refractivity contribution in [3.63, 3.8) is 0 Å². The molecule has 0 amide bonds. The first-order valence-electron chi connectivity index (χ1n) is 8.16. The van der Waals surface area contributed by atoms with Gasteiger partial charge in [-0.05, 0) is 33.4 Å². The van der Waals surface area contributed by atoms with Crippen LogP contribution in [0.15, 0.2) is 62.7 Å². The largest absolute Gasteiger partial charge is 0.104 e. The van der Waals surface area contributed by atoms with Gasteiger partial charge >= 0.3 is 0 Å². The first-order chi connectivity index (χ1) is 12.6. The van der Waals surface area contributed by atoms with Gasteiger partial charge in [-0.2, -0.15) is 0 Å². The van der Waals surface area contributed by atoms with E-state index in [1.54, 1.807) is 23.5 Å². The summed E-state index contributed by atoms with van der Waals surface area (Å²) in [5.74, 6) is 1.72. The third kappa shape index (κ3) is 5.60. The Morgan fingerprint density at radius 3 is 1.42 bits per heavy atom. The second-order valence-corrected chi connectivity index (χ2v) is 8.73. The molecule has 0 bridgehead atoms. The van der Waals surface area contributed by atoms with Crippen molar-refractivity contribution in [3.8, 4) is 0 Å². The first kappa shape index (κ1) is 20.5. The molecule has 2 aromatic carbocycles. The van der Waals surface area contributed by atoms with Crippen molar-refractivity contribution in [2.45, 2.75) is 11.5 Å². The quantitative estimate of drug-likeness (QED) is 0.421. The maximum absolute atomic E-state index is 5.53. The average molecular weight is 395 g/mol. The van der Waals surface area contributed by atoms with Crippen LogP contribution in [-0.4, -0.2) is 3.53 Å². The van der Waals surface area contributed by atoms with E-state index in [1.807, 2.05) is 24.3 Å². The van der Waals surface area contributed by atoms with Gasteiger partial charge in [0.05, 0.1) is 0 Å². The third-order valence-corrected chi connectivity index (χ3v) is 6.74. The maximum Gasteiger partial charge on any atom is 0.104 e. The normalized spacial score (nSPS) is 10.2. The Labute approximate surface area is 170 Å². The van der Waals surface area contributed by atoms with Crippen LogP contribution in [0.4, 0.5) is 0 Å². The summed E-state index contributed by atoms with van der Waals surface area (Å²) in [5.41, 5.74) is 6.90. The van der Waals surface area contributed by atoms with Crippen molar-refractivity contribution in [1.29, 1.82) is 0 Å². The molecule has 0 atom stereocenters. The van der Waals surface area contributed by atoms with Crippen LogP contribution in [0.25, 0.3) is 24.3 Å². The molecule has 0 aliphatic rings. The van der Waals surface area contributed by atoms with E-state index in [9.17, 15) is 0 Å². The lowest BCUT2D eigenvalue weighted by Gasteiger charge is -2.08. The van der Waals surface area contributed by atoms with Crippen molar-refractivity contribution in [2.24, 2.45) is 0 Å². The number of benzene rings is 2. The minimum atomic E-state index is 0.859. The van der Waals surface area contributed by atoms with E-state index in [1.165, 1.54) is 11.1 Å². The minimum absolute atomic E-state index is 0.859. The highest BCUT2D eigenvalue weighted by Gasteiger charge is 2.05. The van der Waals surface area contributed by atoms with E-state index < -0.39 is 0 Å². The molecule has 0 saturated carbocycles. The number of thiocarbonyl (C=S) groups is 1. The molecule has 0 aliphatic carbocycles. The molecule has 0 spiro atoms. The number of thioether (sulfide) groups is 2. The monoisotopic (exact) mass is 394 g/mol. The van der Waals surface area contributed by atoms with Crippen molar-refractivity contribution >= 4 is 63.6 Å². The van der Waals surface area contributed by atoms with E-state index in [0.717, 1.165) is 37.3 Å². The second-order valence-electron chi connectivity index (χ2n) is 5.57. The second kappa shape index (κ2) is 10.4. The molecule has 0 heterocycles. The fourth-order valence-electron chi connectivity index (χ4n) is 2.48. The number of hydrogen-bond acceptors (Lipinski definition) is 3. The zero-order valence-electron chi connectivity index (χ0n) is 14.7. The van der Waals surface area contributed by atoms with Crippen molar-refractivity contribution in [3.05, 3.63) is 96.1 Å². The summed E-state index contributed by atoms with van der Waals surface area (Å²) in [5, 5.41) is 0. The highest BCUT2D eigenvalue weighted by atomic mass is 32.2. The molecule has 0 fully saturated rings. The van der Waals surface area contributed by atoms with Crippen LogP contribution in [0, 0.1) is 0 Å². The molecule has 0 aliphatic heterocycles. The highest BCUT2D eigenvalue weighted by molar-refractivity contribution is 8.46. The Kier molecular flexibility index (Phi) is 8.17. The van der Waals surface area contributed by atoms with E-state index >= 15 is 0 Å². The van der Waals surface area contributed by atoms with Gasteiger partial charge in [0, 0.05) is 11.5 Å². The predicted octanol–water partition coefficient (Wildman–Crippen LogP) is 7.71. The highest BCUT2D eigenvalue weighted by Crippen LogP contribution is 2.27. The van der Waals surface area contributed by atoms with Gasteiger partial charge < -0.3 is 0 Å². The van der Waals surface area contributed by atoms with Gasteiger partial charge in [0.2, 0.25) is 0 Å². The topological polar surface area (TPSA) is 0 Å². The van der Waals surface area contributed by atoms with Gasteiger partial charge in [0.1, 0.15) is 3.53 Å². The van der Waals surface area contributed by atoms with Crippen LogP contribution in [0.5, 0.6) is 0 Å². The van der Waals surface area contributed by atoms with E-state index in [-0.39, 0.29) is 0 Å². The molecule has 3 heteroatoms. The summed E-state index contributed by atoms with van der Waals surface area (Å²) in [4.78, 5) is 0. The van der Waals surface area contributed by atoms with Crippen LogP contribution >= 0.6 is 35.7 Å². The Morgan fingerprint density at radius 2 is 1.08 bits per heavy atom. The Balaban J connectivity index is 1.91. The number of rotatable bonds is 8. The van der Waals surface area contributed by atoms with Gasteiger partial charge in [-0.3, -0.25) is 0 Å². The molecular formula is C23H22S3. The lowest BCUT2D eigenvalue weighted by Crippen LogP contribution is -1.90. The van der Waals surface area contributed by atoms with Gasteiger partial charge in [0.15, 0.2) is 0 Å². The first-order valence-corrected chi connectivity index (χ1v) is 10.5. The standard InChI is InChI=1S/C23H22S3/c1-5-19-11-9-17(13-21(19)7-3)15-25-23(24)26-16-18-10-12-20(6-2)22(8-4)14-18/h5-14H,1-4,15-16H2. The van der Waals surface area contributed by atoms with Crippen LogP contribution in [-0.2, 0) is 11.5 Å². The summed E-state index contributed by atoms with van der Waals surface area (Å²) in [6.07, 6.45) is 7.43. The SMILES string of the molecule is C=Cc1ccc(CSC(=S)SCc2ccc(C=C)c(C=C)c2)cc1C=C. The van der Waals surface area contributed by atoms with Gasteiger partial charge in [0.25, 0.3) is 0 Å². The lowest BCUT2D eigenvalue weighted by atomic mass is 10.0. The minimum Gasteiger partial charge on any atom is -0.103 e. The van der Waals surface area contributed by atoms with Crippen molar-refractivity contribution in [1.82, 2.24) is 0 Å². The van der Waals surface area contributed by atoms with Crippen LogP contribution in [0.1, 0.15) is 33.4 Å². The summed E-state index contributed by atoms with van der Waals surface area (Å²) >= 11 is 8.92. The fraction of sp³-hybridized carbons (Fsp3) is 0.0870. The van der Waals surface area contributed by atoms with Crippen molar-refractivity contribution < 1.29 is 0 Å². The molecule has 0 aromatic heterocycles. The number of hydrogen-bond donors (Lipinski definition) is 0. The summed E-state index contributed by atoms with van der Waals surface area (Å²) in [7, 11) is 0. The Hall–Kier alpha value is -1.81. The summed E-state index contributed by atoms with van der Waals surface area (Å²) in [6, 6.07) is 12.7. The third-order valence-electron chi connectivity index (χ3n) is 3.90. The van der Waals surface area contributed by atoms with Crippen LogP contribution in [0.2, 0.25) is 0 Å². The molecule has 2 rings (SSSR count). The molecule has 132 valence electrons. The fourth-order valence-corrected chi connectivity index (χ4v) is 4.45. The smallest absolute Gasteiger partial charge is 0.103 e. The maximum atomic E-state index is 5.53. The Morgan fingerprint density at radius 1 is 0.692 bits per heavy atom. The molecule has 0 saturated heterocycles. The van der Waals surface area contributed by atoms with Crippen LogP contribution in [0.3, 0.4) is 0 Å². The molecule has 0 unspecified atom stereocenters. The van der Waals surface area contributed by atoms with Crippen molar-refractivity contribution in [2.75, 3.05) is 0 Å². The summed E-state index contributed by atoms with van der Waals surface area (Å²) in [6.45, 7) is 15.4. The molecular weight excluding hydrogens is 372 g/mol. The van der Waals surface area contributed by atoms with E-state index in [4.69, 9.17) is 12.2 Å². The van der Waals surface area contributed by atoms with Gasteiger partial charge in [-0.25, -0.2) is 0 Å². The zero-order chi connectivity index (χ0) is 18.9. The molecule has 0 radical (unpaired) electrons. The average Bonchev–Trinajstić information content (AvgIpc) is 2.69. The molecule has 0 nitrogen and oxygen atoms in total. The molecule has 2 aromatic rings. The van der Waals surface area contributed by atoms with Crippen LogP contribution < -0.4 is 0 Å². The molecule has 0 N–H and O–H groups in total. The zero-order valence-corrected chi connectivity index (χ0v) is 17.2. The lowest BCUT2D eigenvalue weighted by molar-refractivity contribution is 1.40. The van der Waals surface area contributed by atoms with Gasteiger partial charge in [-0.15, -0.1) is 23.5 Å². The van der Waals surface area contributed by atoms with E-state index in [2.05, 4.69) is 62.7 Å².